The number of hydrogen-bond donors (Lipinski definition) is 1. The lowest BCUT2D eigenvalue weighted by Gasteiger charge is -2.26. The van der Waals surface area contributed by atoms with Gasteiger partial charge in [0.15, 0.2) is 0 Å². The molecule has 0 saturated heterocycles. The van der Waals surface area contributed by atoms with Crippen LogP contribution in [0.4, 0.5) is 0 Å². The number of carbonyl (C=O) groups is 1. The van der Waals surface area contributed by atoms with Crippen LogP contribution in [0.25, 0.3) is 0 Å². The van der Waals surface area contributed by atoms with E-state index in [9.17, 15) is 4.79 Å². The Bertz CT molecular complexity index is 376. The van der Waals surface area contributed by atoms with Crippen LogP contribution in [0.15, 0.2) is 24.3 Å². The van der Waals surface area contributed by atoms with E-state index in [1.165, 1.54) is 9.13 Å². The average molecular weight is 361 g/mol. The van der Waals surface area contributed by atoms with Gasteiger partial charge in [0.25, 0.3) is 0 Å². The van der Waals surface area contributed by atoms with E-state index in [-0.39, 0.29) is 6.42 Å². The van der Waals surface area contributed by atoms with Crippen molar-refractivity contribution in [3.8, 4) is 0 Å². The number of benzene rings is 1. The number of aliphatic carboxylic acids is 1. The lowest BCUT2D eigenvalue weighted by Crippen LogP contribution is -2.31. The second-order valence-electron chi connectivity index (χ2n) is 4.69. The Morgan fingerprint density at radius 3 is 2.44 bits per heavy atom. The highest BCUT2D eigenvalue weighted by molar-refractivity contribution is 14.1. The van der Waals surface area contributed by atoms with Gasteiger partial charge in [0, 0.05) is 22.6 Å². The predicted molar refractivity (Wildman–Crippen MR) is 81.6 cm³/mol. The van der Waals surface area contributed by atoms with Crippen LogP contribution < -0.4 is 0 Å². The van der Waals surface area contributed by atoms with E-state index in [2.05, 4.69) is 65.6 Å². The van der Waals surface area contributed by atoms with Gasteiger partial charge in [-0.05, 0) is 67.1 Å². The summed E-state index contributed by atoms with van der Waals surface area (Å²) >= 11 is 2.29. The minimum absolute atomic E-state index is 0.246. The zero-order chi connectivity index (χ0) is 13.5. The molecule has 1 aromatic rings. The number of hydrogen-bond acceptors (Lipinski definition) is 2. The molecule has 0 atom stereocenters. The molecule has 4 heteroatoms. The van der Waals surface area contributed by atoms with Crippen LogP contribution in [-0.2, 0) is 11.3 Å². The molecule has 100 valence electrons. The van der Waals surface area contributed by atoms with Crippen LogP contribution in [0.2, 0.25) is 0 Å². The molecule has 0 unspecified atom stereocenters. The minimum atomic E-state index is -0.715. The standard InChI is InChI=1S/C14H20INO2/c1-11(2)16(9-3-4-14(17)18)10-12-5-7-13(15)8-6-12/h5-8,11H,3-4,9-10H2,1-2H3,(H,17,18). The Morgan fingerprint density at radius 2 is 1.94 bits per heavy atom. The molecule has 0 aliphatic rings. The summed E-state index contributed by atoms with van der Waals surface area (Å²) in [6.45, 7) is 6.01. The summed E-state index contributed by atoms with van der Waals surface area (Å²) in [5.41, 5.74) is 1.28. The van der Waals surface area contributed by atoms with Crippen molar-refractivity contribution >= 4 is 28.6 Å². The fourth-order valence-electron chi connectivity index (χ4n) is 1.78. The van der Waals surface area contributed by atoms with Gasteiger partial charge in [0.05, 0.1) is 0 Å². The summed E-state index contributed by atoms with van der Waals surface area (Å²) < 4.78 is 1.23. The topological polar surface area (TPSA) is 40.5 Å². The molecule has 0 bridgehead atoms. The Morgan fingerprint density at radius 1 is 1.33 bits per heavy atom. The van der Waals surface area contributed by atoms with E-state index in [4.69, 9.17) is 5.11 Å². The molecule has 0 aliphatic carbocycles. The van der Waals surface area contributed by atoms with E-state index in [0.29, 0.717) is 12.5 Å². The molecular formula is C14H20INO2. The van der Waals surface area contributed by atoms with Gasteiger partial charge in [-0.15, -0.1) is 0 Å². The molecule has 0 aromatic heterocycles. The van der Waals surface area contributed by atoms with Crippen molar-refractivity contribution in [2.24, 2.45) is 0 Å². The first-order valence-corrected chi connectivity index (χ1v) is 7.27. The van der Waals surface area contributed by atoms with E-state index >= 15 is 0 Å². The molecule has 1 N–H and O–H groups in total. The molecule has 0 spiro atoms. The molecule has 1 aromatic carbocycles. The Hall–Kier alpha value is -0.620. The van der Waals surface area contributed by atoms with Gasteiger partial charge in [-0.1, -0.05) is 12.1 Å². The highest BCUT2D eigenvalue weighted by atomic mass is 127. The number of carboxylic acids is 1. The van der Waals surface area contributed by atoms with Gasteiger partial charge in [-0.3, -0.25) is 9.69 Å². The van der Waals surface area contributed by atoms with Crippen LogP contribution in [0.1, 0.15) is 32.3 Å². The van der Waals surface area contributed by atoms with Gasteiger partial charge in [-0.2, -0.15) is 0 Å². The van der Waals surface area contributed by atoms with E-state index in [1.807, 2.05) is 0 Å². The zero-order valence-corrected chi connectivity index (χ0v) is 13.1. The fraction of sp³-hybridized carbons (Fsp3) is 0.500. The Labute approximate surface area is 122 Å². The molecule has 3 nitrogen and oxygen atoms in total. The molecule has 0 amide bonds. The van der Waals surface area contributed by atoms with Crippen molar-refractivity contribution in [2.45, 2.75) is 39.3 Å². The van der Waals surface area contributed by atoms with Crippen LogP contribution >= 0.6 is 22.6 Å². The van der Waals surface area contributed by atoms with Crippen molar-refractivity contribution in [3.63, 3.8) is 0 Å². The first-order chi connectivity index (χ1) is 8.49. The average Bonchev–Trinajstić information content (AvgIpc) is 2.30. The van der Waals surface area contributed by atoms with Crippen molar-refractivity contribution in [1.29, 1.82) is 0 Å². The lowest BCUT2D eigenvalue weighted by atomic mass is 10.1. The second-order valence-corrected chi connectivity index (χ2v) is 5.93. The second kappa shape index (κ2) is 7.74. The lowest BCUT2D eigenvalue weighted by molar-refractivity contribution is -0.137. The number of halogens is 1. The van der Waals surface area contributed by atoms with Crippen molar-refractivity contribution in [1.82, 2.24) is 4.90 Å². The Kier molecular flexibility index (Phi) is 6.63. The molecule has 0 radical (unpaired) electrons. The first kappa shape index (κ1) is 15.4. The van der Waals surface area contributed by atoms with Crippen molar-refractivity contribution < 1.29 is 9.90 Å². The highest BCUT2D eigenvalue weighted by Crippen LogP contribution is 2.12. The summed E-state index contributed by atoms with van der Waals surface area (Å²) in [5, 5.41) is 8.67. The van der Waals surface area contributed by atoms with E-state index in [0.717, 1.165) is 13.1 Å². The maximum atomic E-state index is 10.5. The molecule has 0 saturated carbocycles. The van der Waals surface area contributed by atoms with Crippen LogP contribution in [0.3, 0.4) is 0 Å². The van der Waals surface area contributed by atoms with Gasteiger partial charge in [0.2, 0.25) is 0 Å². The predicted octanol–water partition coefficient (Wildman–Crippen LogP) is 3.37. The quantitative estimate of drug-likeness (QED) is 0.757. The van der Waals surface area contributed by atoms with Gasteiger partial charge >= 0.3 is 5.97 Å². The zero-order valence-electron chi connectivity index (χ0n) is 10.9. The van der Waals surface area contributed by atoms with E-state index < -0.39 is 5.97 Å². The van der Waals surface area contributed by atoms with Crippen LogP contribution in [-0.4, -0.2) is 28.6 Å². The fourth-order valence-corrected chi connectivity index (χ4v) is 2.14. The number of nitrogens with zero attached hydrogens (tertiary/aromatic N) is 1. The third kappa shape index (κ3) is 5.82. The third-order valence-electron chi connectivity index (χ3n) is 2.87. The van der Waals surface area contributed by atoms with Crippen LogP contribution in [0.5, 0.6) is 0 Å². The van der Waals surface area contributed by atoms with Crippen molar-refractivity contribution in [3.05, 3.63) is 33.4 Å². The van der Waals surface area contributed by atoms with E-state index in [1.54, 1.807) is 0 Å². The summed E-state index contributed by atoms with van der Waals surface area (Å²) in [7, 11) is 0. The molecule has 1 rings (SSSR count). The molecular weight excluding hydrogens is 341 g/mol. The third-order valence-corrected chi connectivity index (χ3v) is 3.58. The minimum Gasteiger partial charge on any atom is -0.481 e. The monoisotopic (exact) mass is 361 g/mol. The SMILES string of the molecule is CC(C)N(CCCC(=O)O)Cc1ccc(I)cc1. The molecule has 0 aliphatic heterocycles. The summed E-state index contributed by atoms with van der Waals surface area (Å²) in [6, 6.07) is 8.90. The summed E-state index contributed by atoms with van der Waals surface area (Å²) in [5.74, 6) is -0.715. The number of rotatable bonds is 7. The van der Waals surface area contributed by atoms with Gasteiger partial charge in [0.1, 0.15) is 0 Å². The highest BCUT2D eigenvalue weighted by Gasteiger charge is 2.10. The summed E-state index contributed by atoms with van der Waals surface area (Å²) in [6.07, 6.45) is 0.952. The Balaban J connectivity index is 2.52. The molecule has 0 fully saturated rings. The number of carboxylic acid groups (broad SMARTS) is 1. The normalized spacial score (nSPS) is 11.2. The van der Waals surface area contributed by atoms with Gasteiger partial charge in [-0.25, -0.2) is 0 Å². The molecule has 18 heavy (non-hydrogen) atoms. The maximum Gasteiger partial charge on any atom is 0.303 e. The molecule has 0 heterocycles. The largest absolute Gasteiger partial charge is 0.481 e. The summed E-state index contributed by atoms with van der Waals surface area (Å²) in [4.78, 5) is 12.8. The van der Waals surface area contributed by atoms with Gasteiger partial charge < -0.3 is 5.11 Å². The van der Waals surface area contributed by atoms with Crippen LogP contribution in [0, 0.1) is 3.57 Å². The maximum absolute atomic E-state index is 10.5. The van der Waals surface area contributed by atoms with Crippen molar-refractivity contribution in [2.75, 3.05) is 6.54 Å². The first-order valence-electron chi connectivity index (χ1n) is 6.19. The smallest absolute Gasteiger partial charge is 0.303 e.